The van der Waals surface area contributed by atoms with Gasteiger partial charge in [-0.2, -0.15) is 0 Å². The number of nitro benzene ring substituents is 1. The van der Waals surface area contributed by atoms with Crippen LogP contribution in [0.3, 0.4) is 0 Å². The van der Waals surface area contributed by atoms with E-state index in [1.54, 1.807) is 6.26 Å². The van der Waals surface area contributed by atoms with Gasteiger partial charge in [-0.05, 0) is 12.5 Å². The maximum atomic E-state index is 13.0. The van der Waals surface area contributed by atoms with Crippen molar-refractivity contribution in [3.8, 4) is 0 Å². The summed E-state index contributed by atoms with van der Waals surface area (Å²) in [5, 5.41) is 13.4. The van der Waals surface area contributed by atoms with Crippen LogP contribution in [0.1, 0.15) is 6.42 Å². The van der Waals surface area contributed by atoms with Crippen molar-refractivity contribution in [1.82, 2.24) is 0 Å². The van der Waals surface area contributed by atoms with E-state index in [1.165, 1.54) is 12.1 Å². The number of nitrogens with zero attached hydrogens (tertiary/aromatic N) is 1. The summed E-state index contributed by atoms with van der Waals surface area (Å²) >= 11 is 0. The first-order valence-electron chi connectivity index (χ1n) is 4.98. The van der Waals surface area contributed by atoms with Crippen molar-refractivity contribution in [2.24, 2.45) is 0 Å². The van der Waals surface area contributed by atoms with Crippen LogP contribution in [0, 0.1) is 15.9 Å². The van der Waals surface area contributed by atoms with Gasteiger partial charge in [-0.1, -0.05) is 0 Å². The highest BCUT2D eigenvalue weighted by Crippen LogP contribution is 2.19. The Morgan fingerprint density at radius 3 is 2.76 bits per heavy atom. The highest BCUT2D eigenvalue weighted by atomic mass is 32.2. The molecule has 0 saturated carbocycles. The molecule has 0 heterocycles. The topological polar surface area (TPSA) is 72.2 Å². The molecule has 0 aromatic heterocycles. The Bertz CT molecular complexity index is 440. The molecule has 1 unspecified atom stereocenters. The Hall–Kier alpha value is -1.50. The van der Waals surface area contributed by atoms with Crippen molar-refractivity contribution in [2.45, 2.75) is 6.42 Å². The lowest BCUT2D eigenvalue weighted by molar-refractivity contribution is -0.385. The van der Waals surface area contributed by atoms with Gasteiger partial charge in [0.2, 0.25) is 0 Å². The highest BCUT2D eigenvalue weighted by Gasteiger charge is 2.09. The fourth-order valence-electron chi connectivity index (χ4n) is 1.29. The number of anilines is 1. The normalized spacial score (nSPS) is 12.1. The first kappa shape index (κ1) is 13.6. The summed E-state index contributed by atoms with van der Waals surface area (Å²) < 4.78 is 23.8. The average Bonchev–Trinajstić information content (AvgIpc) is 2.23. The van der Waals surface area contributed by atoms with Crippen molar-refractivity contribution >= 4 is 22.2 Å². The number of hydrogen-bond donors (Lipinski definition) is 1. The second kappa shape index (κ2) is 6.29. The molecule has 1 aromatic rings. The molecule has 0 radical (unpaired) electrons. The molecule has 17 heavy (non-hydrogen) atoms. The number of benzene rings is 1. The lowest BCUT2D eigenvalue weighted by Crippen LogP contribution is -2.06. The zero-order chi connectivity index (χ0) is 12.8. The zero-order valence-corrected chi connectivity index (χ0v) is 10.1. The summed E-state index contributed by atoms with van der Waals surface area (Å²) in [6.45, 7) is 0.500. The number of non-ortho nitro benzene ring substituents is 1. The quantitative estimate of drug-likeness (QED) is 0.482. The molecule has 0 fully saturated rings. The molecule has 5 nitrogen and oxygen atoms in total. The van der Waals surface area contributed by atoms with Gasteiger partial charge in [-0.25, -0.2) is 4.39 Å². The second-order valence-corrected chi connectivity index (χ2v) is 5.07. The van der Waals surface area contributed by atoms with Crippen LogP contribution >= 0.6 is 0 Å². The van der Waals surface area contributed by atoms with E-state index in [9.17, 15) is 18.7 Å². The second-order valence-electron chi connectivity index (χ2n) is 3.51. The first-order valence-corrected chi connectivity index (χ1v) is 6.70. The van der Waals surface area contributed by atoms with Gasteiger partial charge in [0, 0.05) is 41.1 Å². The van der Waals surface area contributed by atoms with Gasteiger partial charge >= 0.3 is 0 Å². The van der Waals surface area contributed by atoms with Crippen molar-refractivity contribution in [1.29, 1.82) is 0 Å². The minimum Gasteiger partial charge on any atom is -0.385 e. The standard InChI is InChI=1S/C10H13FN2O3S/c1-17(16)4-2-3-12-9-5-8(11)6-10(7-9)13(14)15/h5-7,12H,2-4H2,1H3. The monoisotopic (exact) mass is 260 g/mol. The summed E-state index contributed by atoms with van der Waals surface area (Å²) in [6.07, 6.45) is 2.26. The summed E-state index contributed by atoms with van der Waals surface area (Å²) in [5.41, 5.74) is 0.0742. The number of rotatable bonds is 6. The Morgan fingerprint density at radius 2 is 2.18 bits per heavy atom. The molecule has 0 bridgehead atoms. The third-order valence-electron chi connectivity index (χ3n) is 2.03. The van der Waals surface area contributed by atoms with Gasteiger partial charge in [0.05, 0.1) is 11.0 Å². The largest absolute Gasteiger partial charge is 0.385 e. The predicted molar refractivity (Wildman–Crippen MR) is 65.1 cm³/mol. The number of hydrogen-bond acceptors (Lipinski definition) is 4. The highest BCUT2D eigenvalue weighted by molar-refractivity contribution is 7.84. The van der Waals surface area contributed by atoms with Gasteiger partial charge in [0.15, 0.2) is 0 Å². The van der Waals surface area contributed by atoms with Gasteiger partial charge in [0.1, 0.15) is 5.82 Å². The van der Waals surface area contributed by atoms with Crippen LogP contribution in [0.25, 0.3) is 0 Å². The molecule has 0 aliphatic heterocycles. The van der Waals surface area contributed by atoms with E-state index in [1.807, 2.05) is 0 Å². The minimum absolute atomic E-state index is 0.286. The van der Waals surface area contributed by atoms with Gasteiger partial charge in [0.25, 0.3) is 5.69 Å². The molecule has 94 valence electrons. The zero-order valence-electron chi connectivity index (χ0n) is 9.31. The third-order valence-corrected chi connectivity index (χ3v) is 2.89. The summed E-state index contributed by atoms with van der Waals surface area (Å²) in [5.74, 6) is -0.106. The van der Waals surface area contributed by atoms with Gasteiger partial charge in [-0.3, -0.25) is 14.3 Å². The molecule has 7 heteroatoms. The Labute approximate surface area is 101 Å². The van der Waals surface area contributed by atoms with Crippen molar-refractivity contribution in [3.05, 3.63) is 34.1 Å². The molecule has 0 aliphatic rings. The molecule has 0 amide bonds. The average molecular weight is 260 g/mol. The molecule has 1 N–H and O–H groups in total. The van der Waals surface area contributed by atoms with Crippen LogP contribution in [0.15, 0.2) is 18.2 Å². The smallest absolute Gasteiger partial charge is 0.274 e. The maximum Gasteiger partial charge on any atom is 0.274 e. The van der Waals surface area contributed by atoms with Gasteiger partial charge < -0.3 is 5.32 Å². The van der Waals surface area contributed by atoms with Crippen LogP contribution in [0.5, 0.6) is 0 Å². The lowest BCUT2D eigenvalue weighted by atomic mass is 10.2. The Morgan fingerprint density at radius 1 is 1.47 bits per heavy atom. The molecule has 0 spiro atoms. The van der Waals surface area contributed by atoms with Crippen LogP contribution in [-0.4, -0.2) is 27.7 Å². The fourth-order valence-corrected chi connectivity index (χ4v) is 1.84. The van der Waals surface area contributed by atoms with Gasteiger partial charge in [-0.15, -0.1) is 0 Å². The third kappa shape index (κ3) is 4.90. The van der Waals surface area contributed by atoms with E-state index in [0.717, 1.165) is 6.07 Å². The fraction of sp³-hybridized carbons (Fsp3) is 0.400. The Kier molecular flexibility index (Phi) is 5.02. The molecule has 0 aliphatic carbocycles. The Balaban J connectivity index is 2.59. The molecular formula is C10H13FN2O3S. The maximum absolute atomic E-state index is 13.0. The number of nitrogens with one attached hydrogen (secondary N) is 1. The van der Waals surface area contributed by atoms with Crippen LogP contribution in [0.4, 0.5) is 15.8 Å². The molecule has 1 atom stereocenters. The van der Waals surface area contributed by atoms with E-state index in [4.69, 9.17) is 0 Å². The summed E-state index contributed by atoms with van der Waals surface area (Å²) in [4.78, 5) is 9.85. The van der Waals surface area contributed by atoms with E-state index in [0.29, 0.717) is 24.4 Å². The summed E-state index contributed by atoms with van der Waals surface area (Å²) in [7, 11) is -0.862. The summed E-state index contributed by atoms with van der Waals surface area (Å²) in [6, 6.07) is 3.33. The molecular weight excluding hydrogens is 247 g/mol. The first-order chi connectivity index (χ1) is 7.99. The number of nitro groups is 1. The van der Waals surface area contributed by atoms with E-state index >= 15 is 0 Å². The predicted octanol–water partition coefficient (Wildman–Crippen LogP) is 1.91. The SMILES string of the molecule is CS(=O)CCCNc1cc(F)cc([N+](=O)[O-])c1. The lowest BCUT2D eigenvalue weighted by Gasteiger charge is -2.05. The van der Waals surface area contributed by atoms with Crippen molar-refractivity contribution < 1.29 is 13.5 Å². The van der Waals surface area contributed by atoms with Crippen LogP contribution in [0.2, 0.25) is 0 Å². The molecule has 1 aromatic carbocycles. The minimum atomic E-state index is -0.862. The van der Waals surface area contributed by atoms with Crippen LogP contribution < -0.4 is 5.32 Å². The van der Waals surface area contributed by atoms with Crippen molar-refractivity contribution in [2.75, 3.05) is 23.9 Å². The number of halogens is 1. The van der Waals surface area contributed by atoms with E-state index < -0.39 is 21.5 Å². The van der Waals surface area contributed by atoms with E-state index in [-0.39, 0.29) is 5.69 Å². The van der Waals surface area contributed by atoms with E-state index in [2.05, 4.69) is 5.32 Å². The molecule has 0 saturated heterocycles. The van der Waals surface area contributed by atoms with Crippen molar-refractivity contribution in [3.63, 3.8) is 0 Å². The molecule has 1 rings (SSSR count). The van der Waals surface area contributed by atoms with Crippen LogP contribution in [-0.2, 0) is 10.8 Å².